The maximum absolute atomic E-state index is 13.1. The van der Waals surface area contributed by atoms with Crippen LogP contribution in [-0.4, -0.2) is 38.6 Å². The van der Waals surface area contributed by atoms with Crippen molar-refractivity contribution in [2.45, 2.75) is 58.5 Å². The van der Waals surface area contributed by atoms with Crippen molar-refractivity contribution in [2.75, 3.05) is 6.61 Å². The molecule has 4 N–H and O–H groups in total. The summed E-state index contributed by atoms with van der Waals surface area (Å²) >= 11 is 0. The number of fused-ring (bicyclic) bond motifs is 2. The molecular weight excluding hydrogens is 400 g/mol. The summed E-state index contributed by atoms with van der Waals surface area (Å²) < 4.78 is 5.94. The predicted molar refractivity (Wildman–Crippen MR) is 114 cm³/mol. The number of aromatic hydroxyl groups is 4. The lowest BCUT2D eigenvalue weighted by atomic mass is 9.81. The number of phenols is 4. The topological polar surface area (TPSA) is 124 Å². The van der Waals surface area contributed by atoms with Crippen LogP contribution in [0.4, 0.5) is 0 Å². The highest BCUT2D eigenvalue weighted by Crippen LogP contribution is 2.46. The van der Waals surface area contributed by atoms with Gasteiger partial charge in [-0.25, -0.2) is 0 Å². The van der Waals surface area contributed by atoms with Crippen molar-refractivity contribution >= 4 is 11.6 Å². The molecule has 2 aromatic carbocycles. The Hall–Kier alpha value is -3.06. The number of carbonyl (C=O) groups excluding carboxylic acids is 2. The number of carbonyl (C=O) groups is 2. The first kappa shape index (κ1) is 22.6. The fraction of sp³-hybridized carbons (Fsp3) is 0.417. The van der Waals surface area contributed by atoms with Crippen LogP contribution in [0.25, 0.3) is 0 Å². The molecule has 1 atom stereocenters. The average molecular weight is 428 g/mol. The van der Waals surface area contributed by atoms with Gasteiger partial charge in [-0.15, -0.1) is 0 Å². The van der Waals surface area contributed by atoms with E-state index in [0.29, 0.717) is 13.0 Å². The molecule has 2 aromatic rings. The molecule has 0 unspecified atom stereocenters. The van der Waals surface area contributed by atoms with Gasteiger partial charge in [0.25, 0.3) is 0 Å². The number of benzene rings is 2. The Morgan fingerprint density at radius 1 is 0.806 bits per heavy atom. The zero-order chi connectivity index (χ0) is 22.7. The van der Waals surface area contributed by atoms with E-state index in [4.69, 9.17) is 4.74 Å². The number of ether oxygens (including phenoxy) is 1. The van der Waals surface area contributed by atoms with Gasteiger partial charge in [0.15, 0.2) is 5.78 Å². The van der Waals surface area contributed by atoms with Gasteiger partial charge in [0, 0.05) is 23.8 Å². The van der Waals surface area contributed by atoms with Gasteiger partial charge in [-0.05, 0) is 25.0 Å². The lowest BCUT2D eigenvalue weighted by molar-refractivity contribution is 0.0397. The van der Waals surface area contributed by atoms with Gasteiger partial charge < -0.3 is 25.2 Å². The van der Waals surface area contributed by atoms with E-state index in [1.54, 1.807) is 0 Å². The van der Waals surface area contributed by atoms with Gasteiger partial charge in [0.05, 0.1) is 22.8 Å². The molecule has 0 saturated heterocycles. The quantitative estimate of drug-likeness (QED) is 0.363. The predicted octanol–water partition coefficient (Wildman–Crippen LogP) is 4.72. The molecule has 7 heteroatoms. The SMILES string of the molecule is CCCCC[C@H](OCCCC)c1c(O)cc2c(c1O)C(=O)c1c(O)cc(O)cc1C2=O. The van der Waals surface area contributed by atoms with Crippen molar-refractivity contribution in [2.24, 2.45) is 0 Å². The number of ketones is 2. The first-order chi connectivity index (χ1) is 14.8. The lowest BCUT2D eigenvalue weighted by Gasteiger charge is -2.25. The minimum Gasteiger partial charge on any atom is -0.508 e. The van der Waals surface area contributed by atoms with Crippen LogP contribution >= 0.6 is 0 Å². The maximum atomic E-state index is 13.1. The summed E-state index contributed by atoms with van der Waals surface area (Å²) in [5.41, 5.74) is -0.835. The first-order valence-electron chi connectivity index (χ1n) is 10.7. The number of hydrogen-bond donors (Lipinski definition) is 4. The number of phenolic OH excluding ortho intramolecular Hbond substituents is 4. The minimum absolute atomic E-state index is 0.0776. The molecule has 7 nitrogen and oxygen atoms in total. The Kier molecular flexibility index (Phi) is 6.85. The highest BCUT2D eigenvalue weighted by Gasteiger charge is 2.38. The van der Waals surface area contributed by atoms with E-state index >= 15 is 0 Å². The van der Waals surface area contributed by atoms with Crippen molar-refractivity contribution in [1.29, 1.82) is 0 Å². The summed E-state index contributed by atoms with van der Waals surface area (Å²) in [7, 11) is 0. The number of hydrogen-bond acceptors (Lipinski definition) is 7. The van der Waals surface area contributed by atoms with Gasteiger partial charge in [-0.2, -0.15) is 0 Å². The van der Waals surface area contributed by atoms with Gasteiger partial charge in [0.1, 0.15) is 23.0 Å². The molecule has 31 heavy (non-hydrogen) atoms. The Morgan fingerprint density at radius 2 is 1.48 bits per heavy atom. The second-order valence-corrected chi connectivity index (χ2v) is 7.84. The first-order valence-corrected chi connectivity index (χ1v) is 10.7. The fourth-order valence-corrected chi connectivity index (χ4v) is 3.96. The second kappa shape index (κ2) is 9.39. The van der Waals surface area contributed by atoms with E-state index in [1.165, 1.54) is 0 Å². The van der Waals surface area contributed by atoms with E-state index in [1.807, 2.05) is 6.92 Å². The van der Waals surface area contributed by atoms with Crippen LogP contribution in [0.3, 0.4) is 0 Å². The summed E-state index contributed by atoms with van der Waals surface area (Å²) in [6, 6.07) is 3.21. The average Bonchev–Trinajstić information content (AvgIpc) is 2.71. The van der Waals surface area contributed by atoms with Crippen LogP contribution in [0.15, 0.2) is 18.2 Å². The molecule has 0 fully saturated rings. The Balaban J connectivity index is 2.11. The third-order valence-electron chi connectivity index (χ3n) is 5.57. The molecular formula is C24H28O7. The van der Waals surface area contributed by atoms with E-state index in [2.05, 4.69) is 6.92 Å². The lowest BCUT2D eigenvalue weighted by Crippen LogP contribution is -2.22. The van der Waals surface area contributed by atoms with Crippen LogP contribution in [0.5, 0.6) is 23.0 Å². The van der Waals surface area contributed by atoms with Crippen LogP contribution in [-0.2, 0) is 4.74 Å². The van der Waals surface area contributed by atoms with E-state index in [-0.39, 0.29) is 39.3 Å². The highest BCUT2D eigenvalue weighted by molar-refractivity contribution is 6.30. The zero-order valence-electron chi connectivity index (χ0n) is 17.8. The number of unbranched alkanes of at least 4 members (excludes halogenated alkanes) is 3. The maximum Gasteiger partial charge on any atom is 0.201 e. The molecule has 0 saturated carbocycles. The van der Waals surface area contributed by atoms with Crippen LogP contribution < -0.4 is 0 Å². The third kappa shape index (κ3) is 4.23. The van der Waals surface area contributed by atoms with E-state index in [9.17, 15) is 30.0 Å². The molecule has 166 valence electrons. The molecule has 0 aliphatic heterocycles. The zero-order valence-corrected chi connectivity index (χ0v) is 17.8. The van der Waals surface area contributed by atoms with Crippen LogP contribution in [0, 0.1) is 0 Å². The molecule has 3 rings (SSSR count). The Bertz CT molecular complexity index is 1000. The molecule has 0 bridgehead atoms. The second-order valence-electron chi connectivity index (χ2n) is 7.84. The van der Waals surface area contributed by atoms with Gasteiger partial charge in [-0.1, -0.05) is 39.5 Å². The van der Waals surface area contributed by atoms with Crippen molar-refractivity contribution in [3.8, 4) is 23.0 Å². The standard InChI is InChI=1S/C24H28O7/c1-3-5-7-8-18(31-9-6-4-2)21-17(27)12-15-20(24(21)30)23(29)19-14(22(15)28)10-13(25)11-16(19)26/h10-12,18,25-27,30H,3-9H2,1-2H3/t18-/m0/s1. The molecule has 1 aliphatic carbocycles. The van der Waals surface area contributed by atoms with Crippen LogP contribution in [0.2, 0.25) is 0 Å². The summed E-state index contributed by atoms with van der Waals surface area (Å²) in [5.74, 6) is -3.19. The van der Waals surface area contributed by atoms with Crippen LogP contribution in [0.1, 0.15) is 95.9 Å². The minimum atomic E-state index is -0.748. The molecule has 0 heterocycles. The summed E-state index contributed by atoms with van der Waals surface area (Å²) in [5, 5.41) is 41.6. The number of rotatable bonds is 9. The Morgan fingerprint density at radius 3 is 2.16 bits per heavy atom. The normalized spacial score (nSPS) is 13.7. The summed E-state index contributed by atoms with van der Waals surface area (Å²) in [4.78, 5) is 26.1. The molecule has 0 spiro atoms. The smallest absolute Gasteiger partial charge is 0.201 e. The van der Waals surface area contributed by atoms with Gasteiger partial charge in [-0.3, -0.25) is 9.59 Å². The van der Waals surface area contributed by atoms with Gasteiger partial charge in [0.2, 0.25) is 5.78 Å². The third-order valence-corrected chi connectivity index (χ3v) is 5.57. The van der Waals surface area contributed by atoms with Gasteiger partial charge >= 0.3 is 0 Å². The van der Waals surface area contributed by atoms with E-state index < -0.39 is 29.2 Å². The molecule has 0 amide bonds. The van der Waals surface area contributed by atoms with Crippen molar-refractivity contribution < 1.29 is 34.8 Å². The van der Waals surface area contributed by atoms with E-state index in [0.717, 1.165) is 50.3 Å². The van der Waals surface area contributed by atoms with Crippen molar-refractivity contribution in [3.63, 3.8) is 0 Å². The molecule has 1 aliphatic rings. The molecule has 0 aromatic heterocycles. The van der Waals surface area contributed by atoms with Crippen molar-refractivity contribution in [3.05, 3.63) is 46.0 Å². The monoisotopic (exact) mass is 428 g/mol. The summed E-state index contributed by atoms with van der Waals surface area (Å²) in [6.45, 7) is 4.51. The highest BCUT2D eigenvalue weighted by atomic mass is 16.5. The van der Waals surface area contributed by atoms with Crippen molar-refractivity contribution in [1.82, 2.24) is 0 Å². The molecule has 0 radical (unpaired) electrons. The largest absolute Gasteiger partial charge is 0.508 e. The Labute approximate surface area is 180 Å². The summed E-state index contributed by atoms with van der Waals surface area (Å²) in [6.07, 6.45) is 4.36. The fourth-order valence-electron chi connectivity index (χ4n) is 3.96.